The normalized spacial score (nSPS) is 14.3. The monoisotopic (exact) mass is 326 g/mol. The SMILES string of the molecule is O=C(C=Cc1cccs1)Nc1ccc(C(=O)N2CCCC2)cc1. The summed E-state index contributed by atoms with van der Waals surface area (Å²) < 4.78 is 0. The Morgan fingerprint density at radius 3 is 2.48 bits per heavy atom. The summed E-state index contributed by atoms with van der Waals surface area (Å²) in [6.07, 6.45) is 5.45. The smallest absolute Gasteiger partial charge is 0.253 e. The molecule has 2 aromatic rings. The molecule has 1 saturated heterocycles. The van der Waals surface area contributed by atoms with Crippen LogP contribution in [-0.4, -0.2) is 29.8 Å². The van der Waals surface area contributed by atoms with Crippen molar-refractivity contribution >= 4 is 34.9 Å². The number of benzene rings is 1. The third-order valence-corrected chi connectivity index (χ3v) is 4.57. The highest BCUT2D eigenvalue weighted by Gasteiger charge is 2.19. The summed E-state index contributed by atoms with van der Waals surface area (Å²) in [6, 6.07) is 10.9. The van der Waals surface area contributed by atoms with Crippen LogP contribution in [0.2, 0.25) is 0 Å². The molecule has 2 amide bonds. The van der Waals surface area contributed by atoms with E-state index in [4.69, 9.17) is 0 Å². The maximum atomic E-state index is 12.2. The van der Waals surface area contributed by atoms with Crippen molar-refractivity contribution in [3.05, 3.63) is 58.3 Å². The molecular weight excluding hydrogens is 308 g/mol. The molecule has 0 radical (unpaired) electrons. The first-order chi connectivity index (χ1) is 11.2. The first-order valence-electron chi connectivity index (χ1n) is 7.64. The molecule has 0 saturated carbocycles. The summed E-state index contributed by atoms with van der Waals surface area (Å²) in [6.45, 7) is 1.68. The van der Waals surface area contributed by atoms with E-state index >= 15 is 0 Å². The molecule has 1 fully saturated rings. The molecule has 1 aliphatic heterocycles. The van der Waals surface area contributed by atoms with E-state index in [1.165, 1.54) is 6.08 Å². The second kappa shape index (κ2) is 7.24. The minimum atomic E-state index is -0.183. The zero-order chi connectivity index (χ0) is 16.1. The molecule has 5 heteroatoms. The quantitative estimate of drug-likeness (QED) is 0.872. The van der Waals surface area contributed by atoms with Gasteiger partial charge in [0.25, 0.3) is 5.91 Å². The molecule has 3 rings (SSSR count). The third kappa shape index (κ3) is 4.07. The van der Waals surface area contributed by atoms with Crippen molar-refractivity contribution in [2.24, 2.45) is 0 Å². The molecule has 0 atom stereocenters. The highest BCUT2D eigenvalue weighted by Crippen LogP contribution is 2.16. The van der Waals surface area contributed by atoms with Gasteiger partial charge in [-0.2, -0.15) is 0 Å². The molecule has 1 N–H and O–H groups in total. The van der Waals surface area contributed by atoms with Gasteiger partial charge in [0.15, 0.2) is 0 Å². The number of carbonyl (C=O) groups excluding carboxylic acids is 2. The van der Waals surface area contributed by atoms with Crippen molar-refractivity contribution in [1.82, 2.24) is 4.90 Å². The number of nitrogens with zero attached hydrogens (tertiary/aromatic N) is 1. The molecule has 0 aliphatic carbocycles. The Morgan fingerprint density at radius 2 is 1.83 bits per heavy atom. The van der Waals surface area contributed by atoms with Crippen LogP contribution in [0.1, 0.15) is 28.1 Å². The van der Waals surface area contributed by atoms with Gasteiger partial charge in [-0.3, -0.25) is 9.59 Å². The predicted octanol–water partition coefficient (Wildman–Crippen LogP) is 3.64. The highest BCUT2D eigenvalue weighted by molar-refractivity contribution is 7.10. The van der Waals surface area contributed by atoms with Crippen LogP contribution in [-0.2, 0) is 4.79 Å². The number of amides is 2. The van der Waals surface area contributed by atoms with Crippen LogP contribution in [0.15, 0.2) is 47.9 Å². The molecule has 23 heavy (non-hydrogen) atoms. The fourth-order valence-electron chi connectivity index (χ4n) is 2.53. The number of rotatable bonds is 4. The lowest BCUT2D eigenvalue weighted by atomic mass is 10.2. The van der Waals surface area contributed by atoms with Crippen LogP contribution in [0.25, 0.3) is 6.08 Å². The second-order valence-corrected chi connectivity index (χ2v) is 6.39. The average molecular weight is 326 g/mol. The molecule has 0 bridgehead atoms. The van der Waals surface area contributed by atoms with E-state index in [1.54, 1.807) is 41.7 Å². The van der Waals surface area contributed by atoms with Crippen LogP contribution in [0.4, 0.5) is 5.69 Å². The standard InChI is InChI=1S/C18H18N2O2S/c21-17(10-9-16-4-3-13-23-16)19-15-7-5-14(6-8-15)18(22)20-11-1-2-12-20/h3-10,13H,1-2,11-12H2,(H,19,21). The van der Waals surface area contributed by atoms with Crippen LogP contribution >= 0.6 is 11.3 Å². The van der Waals surface area contributed by atoms with Crippen LogP contribution in [0, 0.1) is 0 Å². The summed E-state index contributed by atoms with van der Waals surface area (Å²) in [5.41, 5.74) is 1.35. The van der Waals surface area contributed by atoms with E-state index in [0.717, 1.165) is 30.8 Å². The molecule has 2 heterocycles. The summed E-state index contributed by atoms with van der Waals surface area (Å²) in [5, 5.41) is 4.76. The van der Waals surface area contributed by atoms with Gasteiger partial charge in [0.05, 0.1) is 0 Å². The Balaban J connectivity index is 1.58. The summed E-state index contributed by atoms with van der Waals surface area (Å²) in [5.74, 6) is -0.116. The number of hydrogen-bond donors (Lipinski definition) is 1. The van der Waals surface area contributed by atoms with Crippen LogP contribution in [0.3, 0.4) is 0 Å². The van der Waals surface area contributed by atoms with E-state index in [9.17, 15) is 9.59 Å². The van der Waals surface area contributed by atoms with Crippen molar-refractivity contribution in [2.45, 2.75) is 12.8 Å². The van der Waals surface area contributed by atoms with Crippen molar-refractivity contribution in [3.8, 4) is 0 Å². The van der Waals surface area contributed by atoms with E-state index in [1.807, 2.05) is 22.4 Å². The van der Waals surface area contributed by atoms with E-state index in [0.29, 0.717) is 11.3 Å². The van der Waals surface area contributed by atoms with Gasteiger partial charge >= 0.3 is 0 Å². The van der Waals surface area contributed by atoms with Gasteiger partial charge in [-0.1, -0.05) is 6.07 Å². The second-order valence-electron chi connectivity index (χ2n) is 5.41. The van der Waals surface area contributed by atoms with Gasteiger partial charge in [0, 0.05) is 35.3 Å². The fourth-order valence-corrected chi connectivity index (χ4v) is 3.14. The molecule has 1 aromatic heterocycles. The first-order valence-corrected chi connectivity index (χ1v) is 8.52. The van der Waals surface area contributed by atoms with E-state index in [2.05, 4.69) is 5.32 Å². The highest BCUT2D eigenvalue weighted by atomic mass is 32.1. The number of thiophene rings is 1. The Bertz CT molecular complexity index is 699. The molecule has 1 aromatic carbocycles. The maximum absolute atomic E-state index is 12.2. The summed E-state index contributed by atoms with van der Waals surface area (Å²) >= 11 is 1.58. The van der Waals surface area contributed by atoms with Gasteiger partial charge in [0.2, 0.25) is 5.91 Å². The minimum absolute atomic E-state index is 0.0676. The number of likely N-dealkylation sites (tertiary alicyclic amines) is 1. The Labute approximate surface area is 139 Å². The zero-order valence-corrected chi connectivity index (χ0v) is 13.5. The summed E-state index contributed by atoms with van der Waals surface area (Å²) in [7, 11) is 0. The molecular formula is C18H18N2O2S. The fraction of sp³-hybridized carbons (Fsp3) is 0.222. The lowest BCUT2D eigenvalue weighted by Crippen LogP contribution is -2.27. The van der Waals surface area contributed by atoms with Gasteiger partial charge in [-0.25, -0.2) is 0 Å². The molecule has 118 valence electrons. The Hall–Kier alpha value is -2.40. The van der Waals surface area contributed by atoms with E-state index in [-0.39, 0.29) is 11.8 Å². The largest absolute Gasteiger partial charge is 0.339 e. The predicted molar refractivity (Wildman–Crippen MR) is 93.6 cm³/mol. The Morgan fingerprint density at radius 1 is 1.09 bits per heavy atom. The van der Waals surface area contributed by atoms with E-state index < -0.39 is 0 Å². The van der Waals surface area contributed by atoms with Crippen LogP contribution < -0.4 is 5.32 Å². The molecule has 4 nitrogen and oxygen atoms in total. The van der Waals surface area contributed by atoms with Crippen LogP contribution in [0.5, 0.6) is 0 Å². The first kappa shape index (κ1) is 15.5. The molecule has 0 spiro atoms. The van der Waals surface area contributed by atoms with Gasteiger partial charge in [-0.15, -0.1) is 11.3 Å². The van der Waals surface area contributed by atoms with Crippen molar-refractivity contribution in [3.63, 3.8) is 0 Å². The van der Waals surface area contributed by atoms with Crippen molar-refractivity contribution in [1.29, 1.82) is 0 Å². The van der Waals surface area contributed by atoms with Gasteiger partial charge in [-0.05, 0) is 54.6 Å². The van der Waals surface area contributed by atoms with Gasteiger partial charge < -0.3 is 10.2 Å². The maximum Gasteiger partial charge on any atom is 0.253 e. The average Bonchev–Trinajstić information content (AvgIpc) is 3.26. The third-order valence-electron chi connectivity index (χ3n) is 3.73. The topological polar surface area (TPSA) is 49.4 Å². The summed E-state index contributed by atoms with van der Waals surface area (Å²) in [4.78, 5) is 27.0. The zero-order valence-electron chi connectivity index (χ0n) is 12.7. The Kier molecular flexibility index (Phi) is 4.88. The van der Waals surface area contributed by atoms with Crippen molar-refractivity contribution < 1.29 is 9.59 Å². The lowest BCUT2D eigenvalue weighted by molar-refractivity contribution is -0.111. The lowest BCUT2D eigenvalue weighted by Gasteiger charge is -2.15. The number of carbonyl (C=O) groups is 2. The molecule has 1 aliphatic rings. The number of anilines is 1. The van der Waals surface area contributed by atoms with Gasteiger partial charge in [0.1, 0.15) is 0 Å². The number of hydrogen-bond acceptors (Lipinski definition) is 3. The number of nitrogens with one attached hydrogen (secondary N) is 1. The minimum Gasteiger partial charge on any atom is -0.339 e. The van der Waals surface area contributed by atoms with Crippen molar-refractivity contribution in [2.75, 3.05) is 18.4 Å². The molecule has 0 unspecified atom stereocenters.